The lowest BCUT2D eigenvalue weighted by atomic mass is 10.2. The topological polar surface area (TPSA) is 18.5 Å². The van der Waals surface area contributed by atoms with Gasteiger partial charge in [-0.25, -0.2) is 0 Å². The Balaban J connectivity index is 1.55. The highest BCUT2D eigenvalue weighted by Gasteiger charge is 2.02. The highest BCUT2D eigenvalue weighted by atomic mass is 32.1. The van der Waals surface area contributed by atoms with Crippen LogP contribution in [0.3, 0.4) is 0 Å². The van der Waals surface area contributed by atoms with Crippen molar-refractivity contribution in [1.29, 1.82) is 0 Å². The average molecular weight is 457 g/mol. The second kappa shape index (κ2) is 13.4. The molecule has 0 atom stereocenters. The first-order valence-electron chi connectivity index (χ1n) is 11.8. The zero-order valence-electron chi connectivity index (χ0n) is 19.9. The fourth-order valence-electron chi connectivity index (χ4n) is 3.26. The Bertz CT molecular complexity index is 1120. The van der Waals surface area contributed by atoms with Gasteiger partial charge in [-0.3, -0.25) is 0 Å². The summed E-state index contributed by atoms with van der Waals surface area (Å²) in [7, 11) is 0. The Morgan fingerprint density at radius 3 is 1.94 bits per heavy atom. The summed E-state index contributed by atoms with van der Waals surface area (Å²) < 4.78 is 11.3. The van der Waals surface area contributed by atoms with E-state index in [1.807, 2.05) is 55.5 Å². The first kappa shape index (κ1) is 24.5. The van der Waals surface area contributed by atoms with Gasteiger partial charge in [0.1, 0.15) is 11.5 Å². The molecule has 0 unspecified atom stereocenters. The van der Waals surface area contributed by atoms with Gasteiger partial charge in [-0.05, 0) is 80.4 Å². The summed E-state index contributed by atoms with van der Waals surface area (Å²) in [4.78, 5) is 2.08. The lowest BCUT2D eigenvalue weighted by molar-refractivity contribution is 0.304. The molecule has 0 bridgehead atoms. The van der Waals surface area contributed by atoms with Gasteiger partial charge in [-0.15, -0.1) is 11.3 Å². The number of ether oxygens (including phenoxy) is 2. The average Bonchev–Trinajstić information content (AvgIpc) is 3.20. The largest absolute Gasteiger partial charge is 0.494 e. The molecule has 0 saturated heterocycles. The van der Waals surface area contributed by atoms with Gasteiger partial charge in [0.25, 0.3) is 0 Å². The van der Waals surface area contributed by atoms with E-state index in [9.17, 15) is 0 Å². The quantitative estimate of drug-likeness (QED) is 0.244. The fourth-order valence-corrected chi connectivity index (χ4v) is 4.14. The number of hydrogen-bond acceptors (Lipinski definition) is 3. The van der Waals surface area contributed by atoms with E-state index < -0.39 is 0 Å². The highest BCUT2D eigenvalue weighted by Crippen LogP contribution is 2.21. The zero-order chi connectivity index (χ0) is 23.3. The molecule has 1 heterocycles. The van der Waals surface area contributed by atoms with Crippen LogP contribution in [0.4, 0.5) is 0 Å². The van der Waals surface area contributed by atoms with E-state index in [1.54, 1.807) is 11.3 Å². The van der Waals surface area contributed by atoms with Crippen molar-refractivity contribution in [2.75, 3.05) is 13.2 Å². The maximum atomic E-state index is 5.84. The van der Waals surface area contributed by atoms with Gasteiger partial charge in [0, 0.05) is 11.1 Å². The van der Waals surface area contributed by atoms with E-state index in [4.69, 9.17) is 9.47 Å². The Kier molecular flexibility index (Phi) is 9.96. The monoisotopic (exact) mass is 456 g/mol. The van der Waals surface area contributed by atoms with Crippen molar-refractivity contribution in [2.24, 2.45) is 0 Å². The second-order valence-electron chi connectivity index (χ2n) is 7.87. The molecule has 0 amide bonds. The van der Waals surface area contributed by atoms with Crippen molar-refractivity contribution < 1.29 is 9.47 Å². The van der Waals surface area contributed by atoms with Crippen molar-refractivity contribution in [3.8, 4) is 35.2 Å². The predicted molar refractivity (Wildman–Crippen MR) is 139 cm³/mol. The summed E-state index contributed by atoms with van der Waals surface area (Å²) in [6.45, 7) is 7.75. The zero-order valence-corrected chi connectivity index (χ0v) is 20.7. The molecular formula is C30H32O2S. The number of hydrogen-bond donors (Lipinski definition) is 0. The minimum absolute atomic E-state index is 0.667. The smallest absolute Gasteiger partial charge is 0.119 e. The van der Waals surface area contributed by atoms with Gasteiger partial charge in [-0.2, -0.15) is 0 Å². The first-order valence-corrected chi connectivity index (χ1v) is 12.6. The summed E-state index contributed by atoms with van der Waals surface area (Å²) in [6, 6.07) is 18.0. The first-order chi connectivity index (χ1) is 16.2. The number of unbranched alkanes of at least 4 members (excludes halogenated alkanes) is 4. The molecule has 0 aliphatic carbocycles. The summed E-state index contributed by atoms with van der Waals surface area (Å²) >= 11 is 1.63. The summed E-state index contributed by atoms with van der Waals surface area (Å²) in [5, 5.41) is 0. The lowest BCUT2D eigenvalue weighted by Crippen LogP contribution is -1.97. The molecule has 0 N–H and O–H groups in total. The van der Waals surface area contributed by atoms with E-state index in [0.717, 1.165) is 51.0 Å². The minimum atomic E-state index is 0.667. The standard InChI is InChI=1S/C30H32O2S/c1-4-6-7-8-9-22-32-28-18-12-25(13-19-28)14-20-29-23-24(3)30(33-29)21-15-26-10-16-27(17-11-26)31-5-2/h10-13,16-19,23H,4-9,22H2,1-3H3. The maximum absolute atomic E-state index is 5.84. The van der Waals surface area contributed by atoms with Crippen LogP contribution < -0.4 is 9.47 Å². The highest BCUT2D eigenvalue weighted by molar-refractivity contribution is 7.13. The molecule has 0 spiro atoms. The maximum Gasteiger partial charge on any atom is 0.119 e. The van der Waals surface area contributed by atoms with Crippen molar-refractivity contribution in [2.45, 2.75) is 52.9 Å². The van der Waals surface area contributed by atoms with Crippen LogP contribution in [0.15, 0.2) is 54.6 Å². The van der Waals surface area contributed by atoms with Crippen LogP contribution >= 0.6 is 11.3 Å². The Labute approximate surface area is 203 Å². The normalized spacial score (nSPS) is 10.0. The molecule has 2 nitrogen and oxygen atoms in total. The fraction of sp³-hybridized carbons (Fsp3) is 0.333. The van der Waals surface area contributed by atoms with Crippen LogP contribution in [0.1, 0.15) is 72.4 Å². The lowest BCUT2D eigenvalue weighted by Gasteiger charge is -2.05. The number of rotatable bonds is 9. The molecule has 0 fully saturated rings. The van der Waals surface area contributed by atoms with Gasteiger partial charge in [0.05, 0.1) is 23.0 Å². The van der Waals surface area contributed by atoms with Crippen molar-refractivity contribution >= 4 is 11.3 Å². The second-order valence-corrected chi connectivity index (χ2v) is 8.92. The number of thiophene rings is 1. The molecule has 3 rings (SSSR count). The third-order valence-electron chi connectivity index (χ3n) is 5.10. The molecule has 1 aromatic heterocycles. The SMILES string of the molecule is CCCCCCCOc1ccc(C#Cc2cc(C)c(C#Cc3ccc(OCC)cc3)s2)cc1. The molecule has 3 aromatic rings. The third kappa shape index (κ3) is 8.38. The van der Waals surface area contributed by atoms with Crippen LogP contribution in [0.2, 0.25) is 0 Å². The van der Waals surface area contributed by atoms with Gasteiger partial charge in [-0.1, -0.05) is 56.3 Å². The molecule has 0 aliphatic rings. The van der Waals surface area contributed by atoms with Crippen LogP contribution in [-0.2, 0) is 0 Å². The van der Waals surface area contributed by atoms with Crippen molar-refractivity contribution in [1.82, 2.24) is 0 Å². The van der Waals surface area contributed by atoms with Gasteiger partial charge < -0.3 is 9.47 Å². The van der Waals surface area contributed by atoms with Crippen molar-refractivity contribution in [3.63, 3.8) is 0 Å². The van der Waals surface area contributed by atoms with E-state index in [-0.39, 0.29) is 0 Å². The van der Waals surface area contributed by atoms with E-state index in [1.165, 1.54) is 25.7 Å². The molecule has 170 valence electrons. The summed E-state index contributed by atoms with van der Waals surface area (Å²) in [6.07, 6.45) is 6.24. The predicted octanol–water partition coefficient (Wildman–Crippen LogP) is 7.60. The van der Waals surface area contributed by atoms with Gasteiger partial charge in [0.15, 0.2) is 0 Å². The molecule has 2 aromatic carbocycles. The van der Waals surface area contributed by atoms with E-state index >= 15 is 0 Å². The Morgan fingerprint density at radius 1 is 0.697 bits per heavy atom. The molecule has 0 saturated carbocycles. The van der Waals surface area contributed by atoms with Crippen LogP contribution in [0, 0.1) is 30.6 Å². The van der Waals surface area contributed by atoms with Crippen molar-refractivity contribution in [3.05, 3.63) is 81.0 Å². The summed E-state index contributed by atoms with van der Waals surface area (Å²) in [5.74, 6) is 14.8. The Hall–Kier alpha value is -3.14. The molecule has 3 heteroatoms. The van der Waals surface area contributed by atoms with Gasteiger partial charge in [0.2, 0.25) is 0 Å². The molecular weight excluding hydrogens is 424 g/mol. The van der Waals surface area contributed by atoms with E-state index in [2.05, 4.69) is 43.6 Å². The number of benzene rings is 2. The van der Waals surface area contributed by atoms with Gasteiger partial charge >= 0.3 is 0 Å². The minimum Gasteiger partial charge on any atom is -0.494 e. The van der Waals surface area contributed by atoms with Crippen LogP contribution in [0.5, 0.6) is 11.5 Å². The summed E-state index contributed by atoms with van der Waals surface area (Å²) in [5.41, 5.74) is 3.12. The Morgan fingerprint density at radius 2 is 1.30 bits per heavy atom. The van der Waals surface area contributed by atoms with E-state index in [0.29, 0.717) is 6.61 Å². The molecule has 0 radical (unpaired) electrons. The molecule has 33 heavy (non-hydrogen) atoms. The van der Waals surface area contributed by atoms with Crippen LogP contribution in [0.25, 0.3) is 0 Å². The third-order valence-corrected chi connectivity index (χ3v) is 6.17. The molecule has 0 aliphatic heterocycles. The number of aryl methyl sites for hydroxylation is 1. The van der Waals surface area contributed by atoms with Crippen LogP contribution in [-0.4, -0.2) is 13.2 Å².